The molecule has 0 saturated heterocycles. The lowest BCUT2D eigenvalue weighted by atomic mass is 9.92. The van der Waals surface area contributed by atoms with E-state index in [0.29, 0.717) is 0 Å². The molecule has 0 atom stereocenters. The number of benzene rings is 6. The van der Waals surface area contributed by atoms with E-state index in [0.717, 1.165) is 21.9 Å². The van der Waals surface area contributed by atoms with Gasteiger partial charge in [0, 0.05) is 10.8 Å². The minimum Gasteiger partial charge on any atom is -0.456 e. The lowest BCUT2D eigenvalue weighted by molar-refractivity contribution is 0.669. The first-order valence-electron chi connectivity index (χ1n) is 10.6. The lowest BCUT2D eigenvalue weighted by Gasteiger charge is -2.12. The molecule has 31 heavy (non-hydrogen) atoms. The second-order valence-corrected chi connectivity index (χ2v) is 8.16. The molecule has 6 aromatic carbocycles. The van der Waals surface area contributed by atoms with Crippen LogP contribution in [0.25, 0.3) is 65.4 Å². The van der Waals surface area contributed by atoms with Gasteiger partial charge in [0.1, 0.15) is 11.2 Å². The van der Waals surface area contributed by atoms with Crippen molar-refractivity contribution in [1.29, 1.82) is 0 Å². The van der Waals surface area contributed by atoms with Crippen molar-refractivity contribution in [2.24, 2.45) is 0 Å². The summed E-state index contributed by atoms with van der Waals surface area (Å²) in [4.78, 5) is 0. The SMILES string of the molecule is c1ccc2c(c1)oc1ccc(-c3ccc4c5ccccc5c5ccccc5c4c3)cc12. The summed E-state index contributed by atoms with van der Waals surface area (Å²) in [7, 11) is 0. The second-order valence-electron chi connectivity index (χ2n) is 8.16. The maximum absolute atomic E-state index is 6.02. The molecule has 0 aliphatic rings. The maximum atomic E-state index is 6.02. The monoisotopic (exact) mass is 394 g/mol. The van der Waals surface area contributed by atoms with Crippen LogP contribution >= 0.6 is 0 Å². The first-order chi connectivity index (χ1) is 15.4. The Morgan fingerprint density at radius 3 is 1.45 bits per heavy atom. The molecule has 0 radical (unpaired) electrons. The predicted molar refractivity (Wildman–Crippen MR) is 132 cm³/mol. The Labute approximate surface area is 179 Å². The summed E-state index contributed by atoms with van der Waals surface area (Å²) < 4.78 is 6.02. The van der Waals surface area contributed by atoms with Crippen molar-refractivity contribution in [3.8, 4) is 11.1 Å². The Bertz CT molecular complexity index is 1750. The zero-order chi connectivity index (χ0) is 20.4. The average molecular weight is 394 g/mol. The molecule has 1 heterocycles. The topological polar surface area (TPSA) is 13.1 Å². The van der Waals surface area contributed by atoms with Crippen molar-refractivity contribution in [3.05, 3.63) is 109 Å². The average Bonchev–Trinajstić information content (AvgIpc) is 3.22. The summed E-state index contributed by atoms with van der Waals surface area (Å²) >= 11 is 0. The molecule has 0 N–H and O–H groups in total. The summed E-state index contributed by atoms with van der Waals surface area (Å²) in [5.74, 6) is 0. The van der Waals surface area contributed by atoms with Crippen LogP contribution in [0.2, 0.25) is 0 Å². The first-order valence-corrected chi connectivity index (χ1v) is 10.6. The molecule has 7 aromatic rings. The van der Waals surface area contributed by atoms with Gasteiger partial charge in [-0.3, -0.25) is 0 Å². The van der Waals surface area contributed by atoms with Gasteiger partial charge in [0.25, 0.3) is 0 Å². The molecule has 0 fully saturated rings. The molecule has 0 amide bonds. The van der Waals surface area contributed by atoms with Crippen molar-refractivity contribution >= 4 is 54.3 Å². The van der Waals surface area contributed by atoms with E-state index in [1.165, 1.54) is 43.4 Å². The summed E-state index contributed by atoms with van der Waals surface area (Å²) in [5.41, 5.74) is 4.30. The summed E-state index contributed by atoms with van der Waals surface area (Å²) in [6.45, 7) is 0. The Morgan fingerprint density at radius 2 is 0.774 bits per heavy atom. The third-order valence-electron chi connectivity index (χ3n) is 6.45. The van der Waals surface area contributed by atoms with Gasteiger partial charge in [-0.05, 0) is 67.7 Å². The summed E-state index contributed by atoms with van der Waals surface area (Å²) in [6, 6.07) is 39.0. The molecule has 1 heteroatoms. The second kappa shape index (κ2) is 6.20. The van der Waals surface area contributed by atoms with Gasteiger partial charge in [-0.1, -0.05) is 84.9 Å². The highest BCUT2D eigenvalue weighted by Gasteiger charge is 2.11. The number of fused-ring (bicyclic) bond motifs is 9. The molecule has 0 spiro atoms. The van der Waals surface area contributed by atoms with E-state index in [2.05, 4.69) is 97.1 Å². The van der Waals surface area contributed by atoms with Crippen LogP contribution in [-0.2, 0) is 0 Å². The molecule has 1 nitrogen and oxygen atoms in total. The first kappa shape index (κ1) is 16.7. The fourth-order valence-electron chi connectivity index (χ4n) is 4.99. The Hall–Kier alpha value is -4.10. The van der Waals surface area contributed by atoms with Crippen LogP contribution in [0.4, 0.5) is 0 Å². The van der Waals surface area contributed by atoms with Crippen LogP contribution in [0.15, 0.2) is 114 Å². The smallest absolute Gasteiger partial charge is 0.135 e. The van der Waals surface area contributed by atoms with E-state index in [-0.39, 0.29) is 0 Å². The van der Waals surface area contributed by atoms with E-state index >= 15 is 0 Å². The van der Waals surface area contributed by atoms with Gasteiger partial charge in [0.15, 0.2) is 0 Å². The molecule has 0 aliphatic carbocycles. The molecule has 144 valence electrons. The zero-order valence-corrected chi connectivity index (χ0v) is 16.8. The van der Waals surface area contributed by atoms with Crippen molar-refractivity contribution in [2.45, 2.75) is 0 Å². The maximum Gasteiger partial charge on any atom is 0.135 e. The van der Waals surface area contributed by atoms with Gasteiger partial charge in [-0.2, -0.15) is 0 Å². The molecule has 0 aliphatic heterocycles. The third kappa shape index (κ3) is 2.38. The van der Waals surface area contributed by atoms with E-state index < -0.39 is 0 Å². The van der Waals surface area contributed by atoms with Gasteiger partial charge in [0.2, 0.25) is 0 Å². The van der Waals surface area contributed by atoms with E-state index in [1.54, 1.807) is 0 Å². The fourth-order valence-corrected chi connectivity index (χ4v) is 4.99. The van der Waals surface area contributed by atoms with E-state index in [4.69, 9.17) is 4.42 Å². The Morgan fingerprint density at radius 1 is 0.323 bits per heavy atom. The zero-order valence-electron chi connectivity index (χ0n) is 16.8. The highest BCUT2D eigenvalue weighted by molar-refractivity contribution is 6.25. The minimum absolute atomic E-state index is 0.933. The van der Waals surface area contributed by atoms with Crippen LogP contribution in [0.5, 0.6) is 0 Å². The standard InChI is InChI=1S/C30H18O/c1-2-9-23-21(7-1)22-8-3-4-10-24(22)27-17-19(13-15-25(23)27)20-14-16-30-28(18-20)26-11-5-6-12-29(26)31-30/h1-18H. The van der Waals surface area contributed by atoms with E-state index in [1.807, 2.05) is 12.1 Å². The third-order valence-corrected chi connectivity index (χ3v) is 6.45. The molecule has 0 bridgehead atoms. The van der Waals surface area contributed by atoms with Crippen LogP contribution < -0.4 is 0 Å². The van der Waals surface area contributed by atoms with E-state index in [9.17, 15) is 0 Å². The van der Waals surface area contributed by atoms with Gasteiger partial charge >= 0.3 is 0 Å². The molecular weight excluding hydrogens is 376 g/mol. The predicted octanol–water partition coefficient (Wildman–Crippen LogP) is 8.71. The minimum atomic E-state index is 0.933. The number of hydrogen-bond donors (Lipinski definition) is 0. The number of furan rings is 1. The number of hydrogen-bond acceptors (Lipinski definition) is 1. The molecule has 0 saturated carbocycles. The number of para-hydroxylation sites is 1. The highest BCUT2D eigenvalue weighted by atomic mass is 16.3. The quantitative estimate of drug-likeness (QED) is 0.254. The van der Waals surface area contributed by atoms with Gasteiger partial charge in [0.05, 0.1) is 0 Å². The molecule has 7 rings (SSSR count). The molecular formula is C30H18O. The van der Waals surface area contributed by atoms with Gasteiger partial charge in [-0.15, -0.1) is 0 Å². The number of rotatable bonds is 1. The van der Waals surface area contributed by atoms with Crippen molar-refractivity contribution in [3.63, 3.8) is 0 Å². The Kier molecular flexibility index (Phi) is 3.33. The van der Waals surface area contributed by atoms with Crippen molar-refractivity contribution < 1.29 is 4.42 Å². The van der Waals surface area contributed by atoms with Crippen LogP contribution in [0.1, 0.15) is 0 Å². The fraction of sp³-hybridized carbons (Fsp3) is 0. The van der Waals surface area contributed by atoms with Crippen LogP contribution in [-0.4, -0.2) is 0 Å². The highest BCUT2D eigenvalue weighted by Crippen LogP contribution is 2.38. The van der Waals surface area contributed by atoms with Crippen LogP contribution in [0.3, 0.4) is 0 Å². The van der Waals surface area contributed by atoms with Crippen molar-refractivity contribution in [1.82, 2.24) is 0 Å². The normalized spacial score (nSPS) is 11.9. The molecule has 1 aromatic heterocycles. The summed E-state index contributed by atoms with van der Waals surface area (Å²) in [6.07, 6.45) is 0. The van der Waals surface area contributed by atoms with Gasteiger partial charge < -0.3 is 4.42 Å². The van der Waals surface area contributed by atoms with Gasteiger partial charge in [-0.25, -0.2) is 0 Å². The van der Waals surface area contributed by atoms with Crippen LogP contribution in [0, 0.1) is 0 Å². The largest absolute Gasteiger partial charge is 0.456 e. The van der Waals surface area contributed by atoms with Crippen molar-refractivity contribution in [2.75, 3.05) is 0 Å². The Balaban J connectivity index is 1.54. The summed E-state index contributed by atoms with van der Waals surface area (Å²) in [5, 5.41) is 10.1. The molecule has 0 unspecified atom stereocenters. The lowest BCUT2D eigenvalue weighted by Crippen LogP contribution is -1.85.